The molecule has 1 amide bonds. The molecule has 118 valence electrons. The van der Waals surface area contributed by atoms with Crippen LogP contribution in [0.15, 0.2) is 22.6 Å². The zero-order chi connectivity index (χ0) is 16.7. The molecule has 0 aromatic heterocycles. The Bertz CT molecular complexity index is 391. The van der Waals surface area contributed by atoms with Gasteiger partial charge in [0.2, 0.25) is 5.91 Å². The first-order chi connectivity index (χ1) is 9.76. The number of rotatable bonds is 6. The van der Waals surface area contributed by atoms with E-state index in [0.29, 0.717) is 0 Å². The van der Waals surface area contributed by atoms with Crippen molar-refractivity contribution < 1.29 is 27.6 Å². The summed E-state index contributed by atoms with van der Waals surface area (Å²) in [7, 11) is -4.12. The molecule has 0 aromatic rings. The van der Waals surface area contributed by atoms with Gasteiger partial charge in [0.1, 0.15) is 5.75 Å². The smallest absolute Gasteiger partial charge is 0.220 e. The van der Waals surface area contributed by atoms with Crippen LogP contribution in [-0.4, -0.2) is 83.5 Å². The molecular weight excluding hydrogens is 309 g/mol. The van der Waals surface area contributed by atoms with E-state index in [9.17, 15) is 13.2 Å². The molecule has 21 heavy (non-hydrogen) atoms. The zero-order valence-electron chi connectivity index (χ0n) is 12.3. The number of nitrogens with one attached hydrogen (secondary N) is 1. The number of aliphatic hydroxyl groups is 1. The van der Waals surface area contributed by atoms with Crippen molar-refractivity contribution in [1.29, 1.82) is 0 Å². The first-order valence-electron chi connectivity index (χ1n) is 6.42. The van der Waals surface area contributed by atoms with Gasteiger partial charge in [-0.2, -0.15) is 8.42 Å². The average Bonchev–Trinajstić information content (AvgIpc) is 2.80. The van der Waals surface area contributed by atoms with Crippen LogP contribution in [0.2, 0.25) is 0 Å². The van der Waals surface area contributed by atoms with E-state index in [1.807, 2.05) is 3.33 Å². The van der Waals surface area contributed by atoms with Crippen LogP contribution in [-0.2, 0) is 19.6 Å². The van der Waals surface area contributed by atoms with E-state index in [0.717, 1.165) is 47.3 Å². The third-order valence-corrected chi connectivity index (χ3v) is 2.66. The second-order valence-corrected chi connectivity index (χ2v) is 6.40. The van der Waals surface area contributed by atoms with Crippen LogP contribution in [0, 0.1) is 0 Å². The molecular formula is C12H22NNaO6S. The first-order valence-corrected chi connectivity index (χ1v) is 9.18. The summed E-state index contributed by atoms with van der Waals surface area (Å²) in [6.07, 6.45) is 2.04. The van der Waals surface area contributed by atoms with E-state index in [2.05, 4.69) is 18.5 Å². The number of amides is 1. The summed E-state index contributed by atoms with van der Waals surface area (Å²) in [6, 6.07) is 0. The Morgan fingerprint density at radius 1 is 1.48 bits per heavy atom. The Morgan fingerprint density at radius 3 is 2.33 bits per heavy atom. The topological polar surface area (TPSA) is 113 Å². The van der Waals surface area contributed by atoms with Crippen LogP contribution < -0.4 is 5.32 Å². The summed E-state index contributed by atoms with van der Waals surface area (Å²) < 4.78 is 35.3. The van der Waals surface area contributed by atoms with Crippen LogP contribution >= 0.6 is 0 Å². The number of hydrogen-bond acceptors (Lipinski definition) is 5. The predicted molar refractivity (Wildman–Crippen MR) is 81.6 cm³/mol. The van der Waals surface area contributed by atoms with Gasteiger partial charge in [0, 0.05) is 13.0 Å². The summed E-state index contributed by atoms with van der Waals surface area (Å²) in [6.45, 7) is 7.77. The van der Waals surface area contributed by atoms with Crippen molar-refractivity contribution in [2.24, 2.45) is 0 Å². The third kappa shape index (κ3) is 22.2. The van der Waals surface area contributed by atoms with Gasteiger partial charge in [0.25, 0.3) is 10.1 Å². The Morgan fingerprint density at radius 2 is 2.05 bits per heavy atom. The van der Waals surface area contributed by atoms with Gasteiger partial charge in [0.05, 0.1) is 19.3 Å². The van der Waals surface area contributed by atoms with Crippen molar-refractivity contribution in [3.8, 4) is 0 Å². The van der Waals surface area contributed by atoms with Gasteiger partial charge in [-0.3, -0.25) is 9.35 Å². The fourth-order valence-corrected chi connectivity index (χ4v) is 1.73. The Balaban J connectivity index is 0. The number of carbonyl (C=O) groups excluding carboxylic acids is 1. The Labute approximate surface area is 143 Å². The molecule has 1 rings (SSSR count). The van der Waals surface area contributed by atoms with Crippen molar-refractivity contribution in [2.75, 3.05) is 25.5 Å². The summed E-state index contributed by atoms with van der Waals surface area (Å²) in [5.41, 5.74) is 0. The van der Waals surface area contributed by atoms with Crippen LogP contribution in [0.5, 0.6) is 0 Å². The molecule has 0 aromatic carbocycles. The monoisotopic (exact) mass is 331 g/mol. The molecule has 0 bridgehead atoms. The minimum atomic E-state index is -4.12. The quantitative estimate of drug-likeness (QED) is 0.265. The Hall–Kier alpha value is -0.220. The molecule has 0 radical (unpaired) electrons. The molecule has 1 unspecified atom stereocenters. The molecule has 1 atom stereocenters. The third-order valence-electron chi connectivity index (χ3n) is 1.85. The van der Waals surface area contributed by atoms with Crippen LogP contribution in [0.1, 0.15) is 12.8 Å². The van der Waals surface area contributed by atoms with E-state index in [-0.39, 0.29) is 19.1 Å². The van der Waals surface area contributed by atoms with Crippen molar-refractivity contribution in [1.82, 2.24) is 5.32 Å². The van der Waals surface area contributed by atoms with Crippen molar-refractivity contribution >= 4 is 44.0 Å². The van der Waals surface area contributed by atoms with E-state index in [1.165, 1.54) is 6.08 Å². The van der Waals surface area contributed by atoms with Gasteiger partial charge in [0.15, 0.2) is 0 Å². The maximum Gasteiger partial charge on any atom is 0.220 e. The minimum Gasteiger partial charge on any atom is -0.356 e. The molecule has 1 saturated heterocycles. The molecule has 1 heterocycles. The van der Waals surface area contributed by atoms with Gasteiger partial charge in [-0.1, -0.05) is 6.08 Å². The van der Waals surface area contributed by atoms with Gasteiger partial charge in [-0.15, -0.1) is 6.58 Å². The zero-order valence-corrected chi connectivity index (χ0v) is 15.1. The second kappa shape index (κ2) is 14.7. The number of aliphatic hydroxyl groups excluding tert-OH is 1. The largest absolute Gasteiger partial charge is 0.356 e. The normalized spacial score (nSPS) is 14.8. The summed E-state index contributed by atoms with van der Waals surface area (Å²) in [4.78, 5) is 10.1. The minimum absolute atomic E-state index is 0.133. The van der Waals surface area contributed by atoms with E-state index in [1.54, 1.807) is 0 Å². The van der Waals surface area contributed by atoms with Crippen LogP contribution in [0.4, 0.5) is 0 Å². The molecule has 9 heteroatoms. The fourth-order valence-electron chi connectivity index (χ4n) is 1.14. The summed E-state index contributed by atoms with van der Waals surface area (Å²) >= 11 is 1.13. The van der Waals surface area contributed by atoms with Crippen molar-refractivity contribution in [3.05, 3.63) is 22.6 Å². The molecule has 0 spiro atoms. The second-order valence-electron chi connectivity index (χ2n) is 4.09. The average molecular weight is 331 g/mol. The number of hydrogen-bond donors (Lipinski definition) is 3. The van der Waals surface area contributed by atoms with Gasteiger partial charge < -0.3 is 15.2 Å². The van der Waals surface area contributed by atoms with E-state index >= 15 is 0 Å². The SMILES string of the molecule is C=CCOCC(O)CS(=O)(=O)O.C=[CH][Na].O=C1CCCN1. The number of ether oxygens (including phenoxy) is 1. The van der Waals surface area contributed by atoms with Crippen molar-refractivity contribution in [3.63, 3.8) is 0 Å². The van der Waals surface area contributed by atoms with Gasteiger partial charge >= 0.3 is 37.8 Å². The summed E-state index contributed by atoms with van der Waals surface area (Å²) in [5, 5.41) is 11.6. The standard InChI is InChI=1S/C6H12O5S.C4H7NO.C2H3.Na/c1-2-3-11-4-6(7)5-12(8,9)10;6-4-2-1-3-5-4;1-2;/h2,6-7H,1,3-5H2,(H,8,9,10);1-3H2,(H,5,6);1H,2H2;. The van der Waals surface area contributed by atoms with Crippen LogP contribution in [0.25, 0.3) is 0 Å². The van der Waals surface area contributed by atoms with E-state index < -0.39 is 22.0 Å². The number of carbonyl (C=O) groups is 1. The molecule has 0 aliphatic carbocycles. The molecule has 1 fully saturated rings. The molecule has 1 aliphatic heterocycles. The molecule has 1 aliphatic rings. The van der Waals surface area contributed by atoms with Crippen molar-refractivity contribution in [2.45, 2.75) is 18.9 Å². The van der Waals surface area contributed by atoms with Gasteiger partial charge in [-0.05, 0) is 6.42 Å². The molecule has 0 saturated carbocycles. The van der Waals surface area contributed by atoms with Gasteiger partial charge in [-0.25, -0.2) is 0 Å². The maximum absolute atomic E-state index is 10.2. The fraction of sp³-hybridized carbons (Fsp3) is 0.583. The maximum atomic E-state index is 10.2. The first kappa shape index (κ1) is 23.1. The predicted octanol–water partition coefficient (Wildman–Crippen LogP) is -0.367. The van der Waals surface area contributed by atoms with Crippen LogP contribution in [0.3, 0.4) is 0 Å². The molecule has 3 N–H and O–H groups in total. The van der Waals surface area contributed by atoms with E-state index in [4.69, 9.17) is 14.4 Å². The summed E-state index contributed by atoms with van der Waals surface area (Å²) in [5.74, 6) is -0.501. The Kier molecular flexibility index (Phi) is 16.1. The molecule has 7 nitrogen and oxygen atoms in total.